The summed E-state index contributed by atoms with van der Waals surface area (Å²) in [6.45, 7) is 3.38. The van der Waals surface area contributed by atoms with Crippen molar-refractivity contribution in [2.24, 2.45) is 0 Å². The van der Waals surface area contributed by atoms with Gasteiger partial charge in [-0.3, -0.25) is 14.5 Å². The number of halogens is 2. The molecule has 0 fully saturated rings. The molecule has 3 rings (SSSR count). The Morgan fingerprint density at radius 1 is 1.17 bits per heavy atom. The van der Waals surface area contributed by atoms with Gasteiger partial charge in [0.15, 0.2) is 0 Å². The fraction of sp³-hybridized carbons (Fsp3) is 0.143. The van der Waals surface area contributed by atoms with E-state index in [9.17, 15) is 17.6 Å². The van der Waals surface area contributed by atoms with E-state index in [4.69, 9.17) is 16.7 Å². The second kappa shape index (κ2) is 8.41. The summed E-state index contributed by atoms with van der Waals surface area (Å²) in [5.41, 5.74) is 2.19. The lowest BCUT2D eigenvalue weighted by molar-refractivity contribution is -0.136. The van der Waals surface area contributed by atoms with E-state index in [2.05, 4.69) is 9.71 Å². The summed E-state index contributed by atoms with van der Waals surface area (Å²) in [5, 5.41) is 8.99. The lowest BCUT2D eigenvalue weighted by atomic mass is 10.0. The van der Waals surface area contributed by atoms with E-state index in [-0.39, 0.29) is 27.6 Å². The number of carbonyl (C=O) groups is 1. The molecule has 2 aromatic carbocycles. The number of carboxylic acids is 1. The van der Waals surface area contributed by atoms with Crippen LogP contribution in [0.1, 0.15) is 16.7 Å². The van der Waals surface area contributed by atoms with Gasteiger partial charge in [-0.2, -0.15) is 0 Å². The van der Waals surface area contributed by atoms with Gasteiger partial charge in [0.1, 0.15) is 10.7 Å². The van der Waals surface area contributed by atoms with E-state index >= 15 is 0 Å². The zero-order chi connectivity index (χ0) is 22.1. The van der Waals surface area contributed by atoms with E-state index in [1.165, 1.54) is 12.3 Å². The van der Waals surface area contributed by atoms with Gasteiger partial charge in [-0.15, -0.1) is 0 Å². The standard InChI is InChI=1S/C21H18ClFN2O4S/c1-12-10-24-11-19(13(12)2)30(28,29)25-21-17(8-16(22)9-18(21)23)15-5-3-14(4-6-15)7-20(26)27/h3-6,8-11,25H,7H2,1-2H3,(H,26,27). The van der Waals surface area contributed by atoms with Crippen molar-refractivity contribution >= 4 is 33.3 Å². The number of aliphatic carboxylic acids is 1. The maximum atomic E-state index is 14.8. The number of aryl methyl sites for hydroxylation is 1. The minimum absolute atomic E-state index is 0.0559. The maximum absolute atomic E-state index is 14.8. The minimum Gasteiger partial charge on any atom is -0.481 e. The molecule has 0 saturated heterocycles. The Hall–Kier alpha value is -2.97. The Morgan fingerprint density at radius 3 is 2.47 bits per heavy atom. The summed E-state index contributed by atoms with van der Waals surface area (Å²) in [6, 6.07) is 8.78. The molecule has 0 aliphatic carbocycles. The monoisotopic (exact) mass is 448 g/mol. The molecule has 0 aliphatic heterocycles. The average Bonchev–Trinajstić information content (AvgIpc) is 2.66. The lowest BCUT2D eigenvalue weighted by Crippen LogP contribution is -2.17. The van der Waals surface area contributed by atoms with Crippen molar-refractivity contribution < 1.29 is 22.7 Å². The predicted octanol–water partition coefficient (Wildman–Crippen LogP) is 4.59. The smallest absolute Gasteiger partial charge is 0.307 e. The van der Waals surface area contributed by atoms with Gasteiger partial charge in [-0.1, -0.05) is 35.9 Å². The molecule has 0 saturated carbocycles. The molecule has 0 atom stereocenters. The highest BCUT2D eigenvalue weighted by atomic mass is 35.5. The van der Waals surface area contributed by atoms with E-state index in [0.29, 0.717) is 22.3 Å². The van der Waals surface area contributed by atoms with Crippen molar-refractivity contribution in [2.45, 2.75) is 25.2 Å². The van der Waals surface area contributed by atoms with Crippen LogP contribution in [0.2, 0.25) is 5.02 Å². The number of benzene rings is 2. The van der Waals surface area contributed by atoms with Crippen molar-refractivity contribution in [3.8, 4) is 11.1 Å². The zero-order valence-electron chi connectivity index (χ0n) is 16.1. The fourth-order valence-corrected chi connectivity index (χ4v) is 4.50. The van der Waals surface area contributed by atoms with Crippen LogP contribution >= 0.6 is 11.6 Å². The quantitative estimate of drug-likeness (QED) is 0.575. The van der Waals surface area contributed by atoms with E-state index < -0.39 is 21.8 Å². The summed E-state index contributed by atoms with van der Waals surface area (Å²) in [5.74, 6) is -1.82. The van der Waals surface area contributed by atoms with Crippen LogP contribution in [0.4, 0.5) is 10.1 Å². The van der Waals surface area contributed by atoms with Crippen LogP contribution in [0, 0.1) is 19.7 Å². The third-order valence-corrected chi connectivity index (χ3v) is 6.30. The van der Waals surface area contributed by atoms with Crippen LogP contribution < -0.4 is 4.72 Å². The van der Waals surface area contributed by atoms with Gasteiger partial charge < -0.3 is 5.11 Å². The van der Waals surface area contributed by atoms with E-state index in [1.54, 1.807) is 44.3 Å². The van der Waals surface area contributed by atoms with Crippen molar-refractivity contribution in [1.29, 1.82) is 0 Å². The molecule has 0 radical (unpaired) electrons. The number of hydrogen-bond donors (Lipinski definition) is 2. The van der Waals surface area contributed by atoms with Gasteiger partial charge in [0, 0.05) is 23.0 Å². The SMILES string of the molecule is Cc1cncc(S(=O)(=O)Nc2c(F)cc(Cl)cc2-c2ccc(CC(=O)O)cc2)c1C. The first-order valence-electron chi connectivity index (χ1n) is 8.82. The van der Waals surface area contributed by atoms with Gasteiger partial charge in [0.05, 0.1) is 12.1 Å². The minimum atomic E-state index is -4.13. The molecule has 0 unspecified atom stereocenters. The second-order valence-electron chi connectivity index (χ2n) is 6.76. The molecule has 0 aliphatic rings. The summed E-state index contributed by atoms with van der Waals surface area (Å²) >= 11 is 6.00. The van der Waals surface area contributed by atoms with Crippen molar-refractivity contribution in [1.82, 2.24) is 4.98 Å². The van der Waals surface area contributed by atoms with Crippen molar-refractivity contribution in [3.63, 3.8) is 0 Å². The summed E-state index contributed by atoms with van der Waals surface area (Å²) < 4.78 is 43.0. The third-order valence-electron chi connectivity index (χ3n) is 4.62. The Bertz CT molecular complexity index is 1230. The second-order valence-corrected chi connectivity index (χ2v) is 8.85. The van der Waals surface area contributed by atoms with Gasteiger partial charge in [0.25, 0.3) is 10.0 Å². The van der Waals surface area contributed by atoms with Gasteiger partial charge in [0.2, 0.25) is 0 Å². The van der Waals surface area contributed by atoms with Crippen LogP contribution in [0.15, 0.2) is 53.7 Å². The first kappa shape index (κ1) is 21.7. The number of sulfonamides is 1. The Morgan fingerprint density at radius 2 is 1.83 bits per heavy atom. The largest absolute Gasteiger partial charge is 0.481 e. The molecule has 0 amide bonds. The predicted molar refractivity (Wildman–Crippen MR) is 113 cm³/mol. The topological polar surface area (TPSA) is 96.4 Å². The molecule has 1 heterocycles. The van der Waals surface area contributed by atoms with Crippen LogP contribution in [-0.4, -0.2) is 24.5 Å². The molecule has 0 spiro atoms. The third kappa shape index (κ3) is 4.60. The van der Waals surface area contributed by atoms with Gasteiger partial charge in [-0.05, 0) is 48.2 Å². The molecule has 156 valence electrons. The number of rotatable bonds is 6. The number of pyridine rings is 1. The van der Waals surface area contributed by atoms with Crippen molar-refractivity contribution in [3.05, 3.63) is 76.3 Å². The van der Waals surface area contributed by atoms with E-state index in [1.807, 2.05) is 0 Å². The molecular weight excluding hydrogens is 431 g/mol. The first-order chi connectivity index (χ1) is 14.1. The fourth-order valence-electron chi connectivity index (χ4n) is 2.95. The maximum Gasteiger partial charge on any atom is 0.307 e. The zero-order valence-corrected chi connectivity index (χ0v) is 17.7. The molecule has 1 aromatic heterocycles. The van der Waals surface area contributed by atoms with Crippen LogP contribution in [-0.2, 0) is 21.2 Å². The summed E-state index contributed by atoms with van der Waals surface area (Å²) in [4.78, 5) is 14.7. The molecule has 2 N–H and O–H groups in total. The highest BCUT2D eigenvalue weighted by Crippen LogP contribution is 2.35. The number of nitrogens with one attached hydrogen (secondary N) is 1. The summed E-state index contributed by atoms with van der Waals surface area (Å²) in [7, 11) is -4.13. The molecule has 30 heavy (non-hydrogen) atoms. The number of hydrogen-bond acceptors (Lipinski definition) is 4. The van der Waals surface area contributed by atoms with Gasteiger partial charge in [-0.25, -0.2) is 12.8 Å². The van der Waals surface area contributed by atoms with E-state index in [0.717, 1.165) is 6.07 Å². The van der Waals surface area contributed by atoms with Crippen LogP contribution in [0.3, 0.4) is 0 Å². The first-order valence-corrected chi connectivity index (χ1v) is 10.7. The number of nitrogens with zero attached hydrogens (tertiary/aromatic N) is 1. The number of aromatic nitrogens is 1. The highest BCUT2D eigenvalue weighted by molar-refractivity contribution is 7.92. The lowest BCUT2D eigenvalue weighted by Gasteiger charge is -2.16. The van der Waals surface area contributed by atoms with Crippen LogP contribution in [0.25, 0.3) is 11.1 Å². The average molecular weight is 449 g/mol. The summed E-state index contributed by atoms with van der Waals surface area (Å²) in [6.07, 6.45) is 2.59. The Kier molecular flexibility index (Phi) is 6.09. The number of anilines is 1. The van der Waals surface area contributed by atoms with Crippen molar-refractivity contribution in [2.75, 3.05) is 4.72 Å². The van der Waals surface area contributed by atoms with Crippen LogP contribution in [0.5, 0.6) is 0 Å². The van der Waals surface area contributed by atoms with Gasteiger partial charge >= 0.3 is 5.97 Å². The normalized spacial score (nSPS) is 11.3. The number of carboxylic acid groups (broad SMARTS) is 1. The molecule has 3 aromatic rings. The molecule has 0 bridgehead atoms. The Balaban J connectivity index is 2.08. The Labute approximate surface area is 178 Å². The molecule has 6 nitrogen and oxygen atoms in total. The molecule has 9 heteroatoms. The molecular formula is C21H18ClFN2O4S. The highest BCUT2D eigenvalue weighted by Gasteiger charge is 2.23.